The van der Waals surface area contributed by atoms with Gasteiger partial charge < -0.3 is 5.11 Å². The lowest BCUT2D eigenvalue weighted by molar-refractivity contribution is 0.296. The monoisotopic (exact) mass is 358 g/mol. The second kappa shape index (κ2) is 6.70. The zero-order valence-corrected chi connectivity index (χ0v) is 14.8. The summed E-state index contributed by atoms with van der Waals surface area (Å²) in [5.74, 6) is 1.27. The highest BCUT2D eigenvalue weighted by Gasteiger charge is 2.29. The number of thiophene rings is 1. The highest BCUT2D eigenvalue weighted by molar-refractivity contribution is 7.99. The Kier molecular flexibility index (Phi) is 4.43. The van der Waals surface area contributed by atoms with Crippen molar-refractivity contribution in [1.82, 2.24) is 9.55 Å². The van der Waals surface area contributed by atoms with Crippen LogP contribution in [0.1, 0.15) is 30.7 Å². The van der Waals surface area contributed by atoms with Crippen LogP contribution in [0.25, 0.3) is 15.9 Å². The average molecular weight is 358 g/mol. The summed E-state index contributed by atoms with van der Waals surface area (Å²) in [5.41, 5.74) is 2.04. The van der Waals surface area contributed by atoms with Gasteiger partial charge >= 0.3 is 0 Å². The molecule has 1 aliphatic carbocycles. The molecule has 2 aromatic heterocycles. The molecule has 4 rings (SSSR count). The van der Waals surface area contributed by atoms with Gasteiger partial charge in [0.15, 0.2) is 5.16 Å². The summed E-state index contributed by atoms with van der Waals surface area (Å²) in [5, 5.41) is 12.6. The van der Waals surface area contributed by atoms with Crippen LogP contribution in [0.4, 0.5) is 0 Å². The van der Waals surface area contributed by atoms with Gasteiger partial charge in [0.1, 0.15) is 4.83 Å². The number of nitrogens with zero attached hydrogens (tertiary/aromatic N) is 2. The van der Waals surface area contributed by atoms with Crippen molar-refractivity contribution in [3.8, 4) is 5.69 Å². The number of aliphatic hydroxyl groups is 1. The predicted molar refractivity (Wildman–Crippen MR) is 99.6 cm³/mol. The van der Waals surface area contributed by atoms with Gasteiger partial charge in [0.25, 0.3) is 5.56 Å². The molecule has 1 aliphatic rings. The van der Waals surface area contributed by atoms with Gasteiger partial charge in [-0.05, 0) is 48.3 Å². The lowest BCUT2D eigenvalue weighted by Crippen LogP contribution is -2.21. The Morgan fingerprint density at radius 2 is 2.08 bits per heavy atom. The van der Waals surface area contributed by atoms with Gasteiger partial charge in [-0.1, -0.05) is 30.0 Å². The molecule has 6 heteroatoms. The molecular formula is C18H18N2O2S2. The summed E-state index contributed by atoms with van der Waals surface area (Å²) < 4.78 is 1.73. The second-order valence-electron chi connectivity index (χ2n) is 5.94. The summed E-state index contributed by atoms with van der Waals surface area (Å²) in [6, 6.07) is 9.69. The number of aliphatic hydroxyl groups excluding tert-OH is 1. The minimum Gasteiger partial charge on any atom is -0.396 e. The van der Waals surface area contributed by atoms with Crippen LogP contribution >= 0.6 is 23.1 Å². The smallest absolute Gasteiger partial charge is 0.267 e. The molecule has 0 atom stereocenters. The number of hydrogen-bond acceptors (Lipinski definition) is 5. The van der Waals surface area contributed by atoms with Gasteiger partial charge in [-0.3, -0.25) is 9.36 Å². The number of para-hydroxylation sites is 1. The first-order valence-corrected chi connectivity index (χ1v) is 9.99. The van der Waals surface area contributed by atoms with E-state index in [-0.39, 0.29) is 12.2 Å². The number of rotatable bonds is 6. The van der Waals surface area contributed by atoms with E-state index in [1.807, 2.05) is 30.3 Å². The maximum absolute atomic E-state index is 13.3. The first-order chi connectivity index (χ1) is 11.8. The number of hydrogen-bond donors (Lipinski definition) is 1. The van der Waals surface area contributed by atoms with E-state index in [0.717, 1.165) is 21.7 Å². The second-order valence-corrected chi connectivity index (χ2v) is 7.86. The molecule has 0 amide bonds. The fourth-order valence-corrected chi connectivity index (χ4v) is 4.82. The third-order valence-corrected chi connectivity index (χ3v) is 6.09. The van der Waals surface area contributed by atoms with Crippen LogP contribution in [0.5, 0.6) is 0 Å². The number of thioether (sulfide) groups is 1. The van der Waals surface area contributed by atoms with E-state index in [1.54, 1.807) is 15.9 Å². The van der Waals surface area contributed by atoms with Crippen molar-refractivity contribution < 1.29 is 5.11 Å². The molecule has 0 bridgehead atoms. The van der Waals surface area contributed by atoms with Crippen LogP contribution in [-0.4, -0.2) is 27.0 Å². The standard InChI is InChI=1S/C18H18N2O2S2/c21-9-4-10-23-18-19-16-15(14(11-24-16)12-7-8-12)17(22)20(18)13-5-2-1-3-6-13/h1-3,5-6,11-12,21H,4,7-10H2. The molecule has 1 fully saturated rings. The summed E-state index contributed by atoms with van der Waals surface area (Å²) in [6.45, 7) is 0.148. The molecule has 1 aromatic carbocycles. The molecule has 3 aromatic rings. The molecular weight excluding hydrogens is 340 g/mol. The maximum atomic E-state index is 13.3. The van der Waals surface area contributed by atoms with Crippen molar-refractivity contribution in [1.29, 1.82) is 0 Å². The van der Waals surface area contributed by atoms with Crippen molar-refractivity contribution in [3.05, 3.63) is 51.6 Å². The zero-order chi connectivity index (χ0) is 16.5. The van der Waals surface area contributed by atoms with Crippen LogP contribution in [0.2, 0.25) is 0 Å². The van der Waals surface area contributed by atoms with Gasteiger partial charge in [0, 0.05) is 12.4 Å². The fraction of sp³-hybridized carbons (Fsp3) is 0.333. The lowest BCUT2D eigenvalue weighted by Gasteiger charge is -2.12. The summed E-state index contributed by atoms with van der Waals surface area (Å²) >= 11 is 3.09. The molecule has 0 aliphatic heterocycles. The number of aromatic nitrogens is 2. The molecule has 1 N–H and O–H groups in total. The summed E-state index contributed by atoms with van der Waals surface area (Å²) in [4.78, 5) is 18.9. The SMILES string of the molecule is O=c1c2c(C3CC3)csc2nc(SCCCO)n1-c1ccccc1. The molecule has 1 saturated carbocycles. The van der Waals surface area contributed by atoms with Gasteiger partial charge in [-0.2, -0.15) is 0 Å². The Labute approximate surface area is 148 Å². The highest BCUT2D eigenvalue weighted by Crippen LogP contribution is 2.44. The van der Waals surface area contributed by atoms with E-state index in [4.69, 9.17) is 10.1 Å². The average Bonchev–Trinajstić information content (AvgIpc) is 3.36. The van der Waals surface area contributed by atoms with Crippen molar-refractivity contribution in [2.45, 2.75) is 30.3 Å². The van der Waals surface area contributed by atoms with Crippen LogP contribution in [-0.2, 0) is 0 Å². The molecule has 2 heterocycles. The fourth-order valence-electron chi connectivity index (χ4n) is 2.82. The Bertz CT molecular complexity index is 914. The minimum atomic E-state index is 0.0286. The first kappa shape index (κ1) is 15.9. The molecule has 0 spiro atoms. The van der Waals surface area contributed by atoms with Gasteiger partial charge in [0.2, 0.25) is 0 Å². The third kappa shape index (κ3) is 2.90. The van der Waals surface area contributed by atoms with Crippen LogP contribution in [0, 0.1) is 0 Å². The van der Waals surface area contributed by atoms with Crippen molar-refractivity contribution in [2.75, 3.05) is 12.4 Å². The Balaban J connectivity index is 1.90. The maximum Gasteiger partial charge on any atom is 0.267 e. The van der Waals surface area contributed by atoms with Gasteiger partial charge in [-0.25, -0.2) is 4.98 Å². The topological polar surface area (TPSA) is 55.1 Å². The molecule has 0 radical (unpaired) electrons. The Hall–Kier alpha value is -1.63. The van der Waals surface area contributed by atoms with Crippen molar-refractivity contribution >= 4 is 33.3 Å². The predicted octanol–water partition coefficient (Wildman–Crippen LogP) is 3.80. The van der Waals surface area contributed by atoms with E-state index in [1.165, 1.54) is 30.2 Å². The lowest BCUT2D eigenvalue weighted by atomic mass is 10.1. The van der Waals surface area contributed by atoms with E-state index >= 15 is 0 Å². The molecule has 4 nitrogen and oxygen atoms in total. The number of benzene rings is 1. The van der Waals surface area contributed by atoms with E-state index in [9.17, 15) is 4.79 Å². The Morgan fingerprint density at radius 1 is 1.29 bits per heavy atom. The van der Waals surface area contributed by atoms with Gasteiger partial charge in [-0.15, -0.1) is 11.3 Å². The van der Waals surface area contributed by atoms with E-state index in [2.05, 4.69) is 5.38 Å². The van der Waals surface area contributed by atoms with E-state index < -0.39 is 0 Å². The molecule has 0 unspecified atom stereocenters. The Morgan fingerprint density at radius 3 is 2.79 bits per heavy atom. The minimum absolute atomic E-state index is 0.0286. The van der Waals surface area contributed by atoms with Crippen molar-refractivity contribution in [3.63, 3.8) is 0 Å². The van der Waals surface area contributed by atoms with Crippen molar-refractivity contribution in [2.24, 2.45) is 0 Å². The largest absolute Gasteiger partial charge is 0.396 e. The van der Waals surface area contributed by atoms with E-state index in [0.29, 0.717) is 17.5 Å². The highest BCUT2D eigenvalue weighted by atomic mass is 32.2. The number of fused-ring (bicyclic) bond motifs is 1. The van der Waals surface area contributed by atoms with Gasteiger partial charge in [0.05, 0.1) is 11.1 Å². The quantitative estimate of drug-likeness (QED) is 0.414. The third-order valence-electron chi connectivity index (χ3n) is 4.17. The molecule has 124 valence electrons. The molecule has 0 saturated heterocycles. The van der Waals surface area contributed by atoms with Crippen LogP contribution < -0.4 is 5.56 Å². The first-order valence-electron chi connectivity index (χ1n) is 8.13. The summed E-state index contributed by atoms with van der Waals surface area (Å²) in [7, 11) is 0. The van der Waals surface area contributed by atoms with Crippen LogP contribution in [0.15, 0.2) is 45.7 Å². The normalized spacial score (nSPS) is 14.4. The zero-order valence-electron chi connectivity index (χ0n) is 13.1. The summed E-state index contributed by atoms with van der Waals surface area (Å²) in [6.07, 6.45) is 3.03. The molecule has 24 heavy (non-hydrogen) atoms. The van der Waals surface area contributed by atoms with Crippen LogP contribution in [0.3, 0.4) is 0 Å².